The molecule has 1 atom stereocenters. The second-order valence-electron chi connectivity index (χ2n) is 3.28. The molecule has 5 nitrogen and oxygen atoms in total. The first kappa shape index (κ1) is 8.93. The lowest BCUT2D eigenvalue weighted by Crippen LogP contribution is -2.53. The summed E-state index contributed by atoms with van der Waals surface area (Å²) in [7, 11) is 0. The van der Waals surface area contributed by atoms with Gasteiger partial charge >= 0.3 is 0 Å². The summed E-state index contributed by atoms with van der Waals surface area (Å²) in [5.74, 6) is 6.32. The van der Waals surface area contributed by atoms with Crippen molar-refractivity contribution >= 4 is 22.7 Å². The van der Waals surface area contributed by atoms with Crippen LogP contribution in [0.5, 0.6) is 0 Å². The molecule has 1 fully saturated rings. The maximum Gasteiger partial charge on any atom is 0.217 e. The van der Waals surface area contributed by atoms with Crippen LogP contribution in [0.3, 0.4) is 0 Å². The van der Waals surface area contributed by atoms with E-state index in [1.807, 2.05) is 0 Å². The van der Waals surface area contributed by atoms with E-state index in [9.17, 15) is 0 Å². The number of rotatable bonds is 2. The number of nitrogens with zero attached hydrogens (tertiary/aromatic N) is 3. The molecule has 1 aliphatic heterocycles. The Bertz CT molecular complexity index is 270. The molecule has 13 heavy (non-hydrogen) atoms. The van der Waals surface area contributed by atoms with E-state index < -0.39 is 0 Å². The summed E-state index contributed by atoms with van der Waals surface area (Å²) in [4.78, 5) is 8.16. The SMILES string of the molecule is CC1=NC(NC2CC2)N(N)C(Cl)=N1. The van der Waals surface area contributed by atoms with Gasteiger partial charge in [-0.1, -0.05) is 0 Å². The van der Waals surface area contributed by atoms with Gasteiger partial charge < -0.3 is 0 Å². The molecule has 1 unspecified atom stereocenters. The van der Waals surface area contributed by atoms with Gasteiger partial charge in [0.05, 0.1) is 0 Å². The van der Waals surface area contributed by atoms with Crippen LogP contribution >= 0.6 is 11.6 Å². The van der Waals surface area contributed by atoms with Crippen LogP contribution in [-0.2, 0) is 0 Å². The van der Waals surface area contributed by atoms with Gasteiger partial charge in [-0.25, -0.2) is 20.8 Å². The number of hydrazine groups is 1. The first-order valence-electron chi connectivity index (χ1n) is 4.25. The molecule has 2 aliphatic rings. The van der Waals surface area contributed by atoms with Crippen molar-refractivity contribution in [3.8, 4) is 0 Å². The summed E-state index contributed by atoms with van der Waals surface area (Å²) < 4.78 is 0. The standard InChI is InChI=1S/C7H12ClN5/c1-4-10-6(8)13(9)7(11-4)12-5-2-3-5/h5,7,12H,2-3,9H2,1H3. The maximum atomic E-state index is 5.79. The Kier molecular flexibility index (Phi) is 2.23. The maximum absolute atomic E-state index is 5.79. The summed E-state index contributed by atoms with van der Waals surface area (Å²) in [6, 6.07) is 0.537. The zero-order valence-corrected chi connectivity index (χ0v) is 8.12. The monoisotopic (exact) mass is 201 g/mol. The van der Waals surface area contributed by atoms with Crippen molar-refractivity contribution in [3.05, 3.63) is 0 Å². The fraction of sp³-hybridized carbons (Fsp3) is 0.714. The van der Waals surface area contributed by atoms with Crippen LogP contribution in [0.1, 0.15) is 19.8 Å². The third kappa shape index (κ3) is 1.99. The molecular weight excluding hydrogens is 190 g/mol. The average molecular weight is 202 g/mol. The second-order valence-corrected chi connectivity index (χ2v) is 3.62. The lowest BCUT2D eigenvalue weighted by atomic mass is 10.5. The van der Waals surface area contributed by atoms with E-state index in [0.29, 0.717) is 11.9 Å². The van der Waals surface area contributed by atoms with Gasteiger partial charge in [-0.15, -0.1) is 0 Å². The zero-order chi connectivity index (χ0) is 9.42. The molecule has 1 aliphatic carbocycles. The average Bonchev–Trinajstić information content (AvgIpc) is 2.83. The summed E-state index contributed by atoms with van der Waals surface area (Å²) in [5.41, 5.74) is 0. The van der Waals surface area contributed by atoms with Crippen molar-refractivity contribution in [1.29, 1.82) is 0 Å². The highest BCUT2D eigenvalue weighted by molar-refractivity contribution is 6.65. The Labute approximate surface area is 81.6 Å². The molecule has 0 aromatic heterocycles. The number of nitrogens with two attached hydrogens (primary N) is 1. The van der Waals surface area contributed by atoms with E-state index in [-0.39, 0.29) is 11.6 Å². The molecule has 1 heterocycles. The summed E-state index contributed by atoms with van der Waals surface area (Å²) in [5, 5.41) is 4.87. The lowest BCUT2D eigenvalue weighted by molar-refractivity contribution is 0.275. The van der Waals surface area contributed by atoms with E-state index >= 15 is 0 Å². The Morgan fingerprint density at radius 2 is 2.31 bits per heavy atom. The molecule has 72 valence electrons. The Morgan fingerprint density at radius 1 is 1.62 bits per heavy atom. The molecule has 0 spiro atoms. The first-order valence-corrected chi connectivity index (χ1v) is 4.63. The molecule has 0 aromatic carbocycles. The lowest BCUT2D eigenvalue weighted by Gasteiger charge is -2.28. The van der Waals surface area contributed by atoms with Crippen LogP contribution < -0.4 is 11.2 Å². The number of nitrogens with one attached hydrogen (secondary N) is 1. The van der Waals surface area contributed by atoms with Gasteiger partial charge in [-0.2, -0.15) is 0 Å². The van der Waals surface area contributed by atoms with Gasteiger partial charge in [0.2, 0.25) is 5.29 Å². The van der Waals surface area contributed by atoms with Crippen LogP contribution in [0.4, 0.5) is 0 Å². The minimum atomic E-state index is -0.252. The minimum absolute atomic E-state index is 0.252. The number of hydrogen-bond donors (Lipinski definition) is 2. The van der Waals surface area contributed by atoms with Crippen LogP contribution in [0.25, 0.3) is 0 Å². The van der Waals surface area contributed by atoms with Crippen molar-refractivity contribution in [3.63, 3.8) is 0 Å². The Morgan fingerprint density at radius 3 is 2.92 bits per heavy atom. The van der Waals surface area contributed by atoms with Gasteiger partial charge in [0.1, 0.15) is 5.84 Å². The number of aliphatic imine (C=N–C) groups is 2. The molecule has 2 rings (SSSR count). The third-order valence-corrected chi connectivity index (χ3v) is 2.28. The van der Waals surface area contributed by atoms with Gasteiger partial charge in [-0.3, -0.25) is 5.32 Å². The molecule has 0 amide bonds. The Balaban J connectivity index is 2.05. The summed E-state index contributed by atoms with van der Waals surface area (Å²) >= 11 is 5.79. The van der Waals surface area contributed by atoms with Gasteiger partial charge in [0.15, 0.2) is 6.29 Å². The predicted molar refractivity (Wildman–Crippen MR) is 52.4 cm³/mol. The molecule has 0 radical (unpaired) electrons. The van der Waals surface area contributed by atoms with Crippen LogP contribution in [-0.4, -0.2) is 28.5 Å². The number of halogens is 1. The van der Waals surface area contributed by atoms with Crippen molar-refractivity contribution in [2.75, 3.05) is 0 Å². The molecule has 0 bridgehead atoms. The fourth-order valence-corrected chi connectivity index (χ4v) is 1.35. The molecule has 0 saturated heterocycles. The first-order chi connectivity index (χ1) is 6.16. The van der Waals surface area contributed by atoms with Crippen LogP contribution in [0.15, 0.2) is 9.98 Å². The highest BCUT2D eigenvalue weighted by atomic mass is 35.5. The van der Waals surface area contributed by atoms with E-state index in [2.05, 4.69) is 15.3 Å². The second kappa shape index (κ2) is 3.25. The highest BCUT2D eigenvalue weighted by Crippen LogP contribution is 2.20. The summed E-state index contributed by atoms with van der Waals surface area (Å²) in [6.45, 7) is 1.80. The quantitative estimate of drug-likeness (QED) is 0.497. The normalized spacial score (nSPS) is 28.5. The topological polar surface area (TPSA) is 66.0 Å². The van der Waals surface area contributed by atoms with E-state index in [0.717, 1.165) is 0 Å². The molecule has 1 saturated carbocycles. The fourth-order valence-electron chi connectivity index (χ4n) is 1.14. The van der Waals surface area contributed by atoms with Gasteiger partial charge in [0, 0.05) is 6.04 Å². The van der Waals surface area contributed by atoms with E-state index in [1.165, 1.54) is 17.9 Å². The predicted octanol–water partition coefficient (Wildman–Crippen LogP) is 0.224. The van der Waals surface area contributed by atoms with Crippen LogP contribution in [0.2, 0.25) is 0 Å². The van der Waals surface area contributed by atoms with Crippen molar-refractivity contribution in [1.82, 2.24) is 10.3 Å². The molecule has 0 aromatic rings. The van der Waals surface area contributed by atoms with Gasteiger partial charge in [-0.05, 0) is 31.4 Å². The smallest absolute Gasteiger partial charge is 0.217 e. The number of hydrogen-bond acceptors (Lipinski definition) is 5. The van der Waals surface area contributed by atoms with Crippen molar-refractivity contribution in [2.24, 2.45) is 15.8 Å². The summed E-state index contributed by atoms with van der Waals surface area (Å²) in [6.07, 6.45) is 2.12. The van der Waals surface area contributed by atoms with Crippen LogP contribution in [0, 0.1) is 0 Å². The van der Waals surface area contributed by atoms with Crippen molar-refractivity contribution < 1.29 is 0 Å². The molecule has 3 N–H and O–H groups in total. The molecule has 6 heteroatoms. The zero-order valence-electron chi connectivity index (χ0n) is 7.37. The largest absolute Gasteiger partial charge is 0.275 e. The number of amidine groups is 2. The highest BCUT2D eigenvalue weighted by Gasteiger charge is 2.29. The molecular formula is C7H12ClN5. The van der Waals surface area contributed by atoms with Crippen molar-refractivity contribution in [2.45, 2.75) is 32.1 Å². The van der Waals surface area contributed by atoms with E-state index in [4.69, 9.17) is 17.4 Å². The minimum Gasteiger partial charge on any atom is -0.275 e. The Hall–Kier alpha value is -0.650. The van der Waals surface area contributed by atoms with E-state index in [1.54, 1.807) is 6.92 Å². The third-order valence-electron chi connectivity index (χ3n) is 2.00. The van der Waals surface area contributed by atoms with Gasteiger partial charge in [0.25, 0.3) is 0 Å².